The maximum absolute atomic E-state index is 4.50. The molecule has 1 N–H and O–H groups in total. The highest BCUT2D eigenvalue weighted by molar-refractivity contribution is 5.44. The first-order chi connectivity index (χ1) is 9.86. The van der Waals surface area contributed by atoms with E-state index < -0.39 is 0 Å². The molecule has 1 saturated heterocycles. The molecule has 20 heavy (non-hydrogen) atoms. The molecule has 2 aromatic rings. The Morgan fingerprint density at radius 3 is 3.15 bits per heavy atom. The molecule has 0 saturated carbocycles. The second-order valence-electron chi connectivity index (χ2n) is 5.31. The average Bonchev–Trinajstić information content (AvgIpc) is 2.95. The number of hydrogen-bond acceptors (Lipinski definition) is 6. The van der Waals surface area contributed by atoms with Gasteiger partial charge in [-0.25, -0.2) is 0 Å². The number of nitrogens with one attached hydrogen (secondary N) is 1. The zero-order chi connectivity index (χ0) is 13.8. The van der Waals surface area contributed by atoms with Crippen molar-refractivity contribution in [1.29, 1.82) is 0 Å². The molecule has 7 heteroatoms. The Morgan fingerprint density at radius 2 is 2.35 bits per heavy atom. The number of aromatic nitrogens is 5. The summed E-state index contributed by atoms with van der Waals surface area (Å²) in [6.07, 6.45) is 4.95. The van der Waals surface area contributed by atoms with Crippen molar-refractivity contribution in [2.75, 3.05) is 24.5 Å². The molecule has 3 heterocycles. The fourth-order valence-electron chi connectivity index (χ4n) is 2.72. The summed E-state index contributed by atoms with van der Waals surface area (Å²) in [6, 6.07) is 4.48. The largest absolute Gasteiger partial charge is 0.354 e. The summed E-state index contributed by atoms with van der Waals surface area (Å²) in [5.41, 5.74) is 0.681. The molecule has 0 amide bonds. The summed E-state index contributed by atoms with van der Waals surface area (Å²) in [5.74, 6) is 0.944. The van der Waals surface area contributed by atoms with Crippen LogP contribution in [0.2, 0.25) is 0 Å². The molecule has 108 valence electrons. The van der Waals surface area contributed by atoms with Crippen molar-refractivity contribution in [3.63, 3.8) is 0 Å². The van der Waals surface area contributed by atoms with Gasteiger partial charge in [0.2, 0.25) is 0 Å². The summed E-state index contributed by atoms with van der Waals surface area (Å²) >= 11 is 0. The number of piperidine rings is 1. The SMILES string of the molecule is CCCN(CC1CCCCN1)c1ccc2nnnn2n1. The molecule has 7 nitrogen and oxygen atoms in total. The monoisotopic (exact) mass is 275 g/mol. The Balaban J connectivity index is 1.77. The highest BCUT2D eigenvalue weighted by Gasteiger charge is 2.18. The normalized spacial score (nSPS) is 19.4. The van der Waals surface area contributed by atoms with E-state index in [9.17, 15) is 0 Å². The lowest BCUT2D eigenvalue weighted by Gasteiger charge is -2.31. The molecule has 1 aliphatic rings. The molecule has 0 radical (unpaired) electrons. The first-order valence-corrected chi connectivity index (χ1v) is 7.40. The van der Waals surface area contributed by atoms with Crippen LogP contribution in [0, 0.1) is 0 Å². The summed E-state index contributed by atoms with van der Waals surface area (Å²) in [7, 11) is 0. The van der Waals surface area contributed by atoms with E-state index in [2.05, 4.69) is 37.8 Å². The Kier molecular flexibility index (Phi) is 4.05. The van der Waals surface area contributed by atoms with Crippen molar-refractivity contribution in [3.8, 4) is 0 Å². The van der Waals surface area contributed by atoms with Crippen molar-refractivity contribution < 1.29 is 0 Å². The molecule has 1 fully saturated rings. The van der Waals surface area contributed by atoms with Gasteiger partial charge in [-0.2, -0.15) is 0 Å². The first-order valence-electron chi connectivity index (χ1n) is 7.40. The number of nitrogens with zero attached hydrogens (tertiary/aromatic N) is 6. The summed E-state index contributed by atoms with van der Waals surface area (Å²) < 4.78 is 1.49. The van der Waals surface area contributed by atoms with Crippen LogP contribution in [0.1, 0.15) is 32.6 Å². The van der Waals surface area contributed by atoms with Gasteiger partial charge in [0.25, 0.3) is 0 Å². The van der Waals surface area contributed by atoms with Gasteiger partial charge in [0, 0.05) is 19.1 Å². The third-order valence-corrected chi connectivity index (χ3v) is 3.73. The molecule has 1 unspecified atom stereocenters. The van der Waals surface area contributed by atoms with Crippen molar-refractivity contribution in [3.05, 3.63) is 12.1 Å². The number of rotatable bonds is 5. The molecule has 1 aliphatic heterocycles. The minimum Gasteiger partial charge on any atom is -0.354 e. The third-order valence-electron chi connectivity index (χ3n) is 3.73. The van der Waals surface area contributed by atoms with Crippen LogP contribution >= 0.6 is 0 Å². The van der Waals surface area contributed by atoms with Crippen LogP contribution in [0.25, 0.3) is 5.65 Å². The Hall–Kier alpha value is -1.76. The van der Waals surface area contributed by atoms with Gasteiger partial charge in [0.1, 0.15) is 0 Å². The van der Waals surface area contributed by atoms with E-state index >= 15 is 0 Å². The van der Waals surface area contributed by atoms with Crippen LogP contribution < -0.4 is 10.2 Å². The van der Waals surface area contributed by atoms with Gasteiger partial charge in [0.05, 0.1) is 0 Å². The second kappa shape index (κ2) is 6.13. The van der Waals surface area contributed by atoms with Crippen LogP contribution in [-0.2, 0) is 0 Å². The van der Waals surface area contributed by atoms with Crippen LogP contribution in [0.4, 0.5) is 5.82 Å². The zero-order valence-corrected chi connectivity index (χ0v) is 11.9. The van der Waals surface area contributed by atoms with Crippen molar-refractivity contribution in [2.24, 2.45) is 0 Å². The van der Waals surface area contributed by atoms with Gasteiger partial charge in [-0.15, -0.1) is 14.8 Å². The summed E-state index contributed by atoms with van der Waals surface area (Å²) in [5, 5.41) is 19.5. The molecule has 0 bridgehead atoms. The topological polar surface area (TPSA) is 71.2 Å². The van der Waals surface area contributed by atoms with E-state index in [1.165, 1.54) is 23.9 Å². The molecule has 1 atom stereocenters. The van der Waals surface area contributed by atoms with Crippen LogP contribution in [0.15, 0.2) is 12.1 Å². The smallest absolute Gasteiger partial charge is 0.200 e. The Bertz CT molecular complexity index is 546. The summed E-state index contributed by atoms with van der Waals surface area (Å²) in [6.45, 7) is 5.31. The lowest BCUT2D eigenvalue weighted by atomic mass is 10.0. The van der Waals surface area contributed by atoms with Gasteiger partial charge in [-0.3, -0.25) is 0 Å². The maximum atomic E-state index is 4.50. The van der Waals surface area contributed by atoms with Gasteiger partial charge in [-0.05, 0) is 48.4 Å². The lowest BCUT2D eigenvalue weighted by molar-refractivity contribution is 0.398. The van der Waals surface area contributed by atoms with Crippen molar-refractivity contribution >= 4 is 11.5 Å². The second-order valence-corrected chi connectivity index (χ2v) is 5.31. The molecular weight excluding hydrogens is 254 g/mol. The standard InChI is InChI=1S/C13H21N7/c1-2-9-19(10-11-5-3-4-8-14-11)13-7-6-12-15-17-18-20(12)16-13/h6-7,11,14H,2-5,8-10H2,1H3. The Labute approximate surface area is 118 Å². The van der Waals surface area contributed by atoms with Gasteiger partial charge in [0.15, 0.2) is 11.5 Å². The number of tetrazole rings is 1. The van der Waals surface area contributed by atoms with E-state index in [0.29, 0.717) is 11.7 Å². The van der Waals surface area contributed by atoms with E-state index in [4.69, 9.17) is 0 Å². The van der Waals surface area contributed by atoms with Crippen molar-refractivity contribution in [2.45, 2.75) is 38.6 Å². The predicted molar refractivity (Wildman–Crippen MR) is 76.7 cm³/mol. The van der Waals surface area contributed by atoms with E-state index in [-0.39, 0.29) is 0 Å². The number of anilines is 1. The summed E-state index contributed by atoms with van der Waals surface area (Å²) in [4.78, 5) is 2.32. The minimum atomic E-state index is 0.557. The number of fused-ring (bicyclic) bond motifs is 1. The first kappa shape index (κ1) is 13.2. The number of hydrogen-bond donors (Lipinski definition) is 1. The van der Waals surface area contributed by atoms with E-state index in [1.54, 1.807) is 0 Å². The van der Waals surface area contributed by atoms with Crippen LogP contribution in [0.5, 0.6) is 0 Å². The maximum Gasteiger partial charge on any atom is 0.200 e. The van der Waals surface area contributed by atoms with Crippen molar-refractivity contribution in [1.82, 2.24) is 30.6 Å². The molecular formula is C13H21N7. The van der Waals surface area contributed by atoms with E-state index in [0.717, 1.165) is 31.9 Å². The molecule has 2 aromatic heterocycles. The van der Waals surface area contributed by atoms with Crippen LogP contribution in [0.3, 0.4) is 0 Å². The van der Waals surface area contributed by atoms with Crippen LogP contribution in [-0.4, -0.2) is 50.9 Å². The fraction of sp³-hybridized carbons (Fsp3) is 0.692. The predicted octanol–water partition coefficient (Wildman–Crippen LogP) is 0.878. The van der Waals surface area contributed by atoms with Gasteiger partial charge < -0.3 is 10.2 Å². The third kappa shape index (κ3) is 2.87. The zero-order valence-electron chi connectivity index (χ0n) is 11.9. The lowest BCUT2D eigenvalue weighted by Crippen LogP contribution is -2.44. The van der Waals surface area contributed by atoms with Gasteiger partial charge >= 0.3 is 0 Å². The highest BCUT2D eigenvalue weighted by atomic mass is 15.6. The Morgan fingerprint density at radius 1 is 1.40 bits per heavy atom. The van der Waals surface area contributed by atoms with E-state index in [1.807, 2.05) is 12.1 Å². The van der Waals surface area contributed by atoms with Gasteiger partial charge in [-0.1, -0.05) is 13.3 Å². The quantitative estimate of drug-likeness (QED) is 0.873. The molecule has 3 rings (SSSR count). The highest BCUT2D eigenvalue weighted by Crippen LogP contribution is 2.15. The fourth-order valence-corrected chi connectivity index (χ4v) is 2.72. The molecule has 0 aromatic carbocycles. The molecule has 0 spiro atoms. The molecule has 0 aliphatic carbocycles. The minimum absolute atomic E-state index is 0.557. The average molecular weight is 275 g/mol.